The lowest BCUT2D eigenvalue weighted by Crippen LogP contribution is -2.37. The first kappa shape index (κ1) is 13.5. The number of amides is 1. The van der Waals surface area contributed by atoms with Gasteiger partial charge in [-0.2, -0.15) is 0 Å². The van der Waals surface area contributed by atoms with Crippen molar-refractivity contribution >= 4 is 21.8 Å². The van der Waals surface area contributed by atoms with Crippen molar-refractivity contribution in [2.45, 2.75) is 25.4 Å². The number of likely N-dealkylation sites (N-methyl/N-ethyl adjacent to an activating group) is 1. The van der Waals surface area contributed by atoms with E-state index in [0.29, 0.717) is 16.7 Å². The zero-order chi connectivity index (χ0) is 13.0. The molecule has 0 bridgehead atoms. The van der Waals surface area contributed by atoms with Gasteiger partial charge in [-0.05, 0) is 47.3 Å². The summed E-state index contributed by atoms with van der Waals surface area (Å²) in [6, 6.07) is 3.46. The van der Waals surface area contributed by atoms with E-state index in [2.05, 4.69) is 20.9 Å². The molecule has 0 radical (unpaired) electrons. The molecule has 1 aliphatic heterocycles. The van der Waals surface area contributed by atoms with E-state index in [9.17, 15) is 4.79 Å². The zero-order valence-electron chi connectivity index (χ0n) is 10.4. The van der Waals surface area contributed by atoms with E-state index >= 15 is 0 Å². The number of pyridine rings is 1. The molecule has 1 atom stereocenters. The molecule has 0 saturated carbocycles. The van der Waals surface area contributed by atoms with E-state index in [4.69, 9.17) is 4.74 Å². The Bertz CT molecular complexity index is 419. The molecule has 0 aliphatic carbocycles. The van der Waals surface area contributed by atoms with Crippen LogP contribution in [0, 0.1) is 0 Å². The molecular weight excluding hydrogens is 296 g/mol. The third kappa shape index (κ3) is 3.53. The first-order valence-electron chi connectivity index (χ1n) is 6.15. The van der Waals surface area contributed by atoms with Crippen molar-refractivity contribution in [3.05, 3.63) is 28.5 Å². The van der Waals surface area contributed by atoms with Crippen LogP contribution in [0.1, 0.15) is 29.6 Å². The molecule has 98 valence electrons. The topological polar surface area (TPSA) is 42.4 Å². The predicted molar refractivity (Wildman–Crippen MR) is 72.5 cm³/mol. The first-order chi connectivity index (χ1) is 8.66. The van der Waals surface area contributed by atoms with Gasteiger partial charge in [0.1, 0.15) is 4.60 Å². The van der Waals surface area contributed by atoms with E-state index in [-0.39, 0.29) is 12.0 Å². The van der Waals surface area contributed by atoms with Crippen molar-refractivity contribution in [1.29, 1.82) is 0 Å². The van der Waals surface area contributed by atoms with Crippen LogP contribution in [0.3, 0.4) is 0 Å². The molecule has 4 nitrogen and oxygen atoms in total. The third-order valence-electron chi connectivity index (χ3n) is 3.07. The summed E-state index contributed by atoms with van der Waals surface area (Å²) >= 11 is 3.27. The quantitative estimate of drug-likeness (QED) is 0.805. The van der Waals surface area contributed by atoms with E-state index < -0.39 is 0 Å². The molecule has 18 heavy (non-hydrogen) atoms. The number of halogens is 1. The molecule has 0 N–H and O–H groups in total. The van der Waals surface area contributed by atoms with Gasteiger partial charge in [-0.15, -0.1) is 0 Å². The number of carbonyl (C=O) groups excluding carboxylic acids is 1. The number of nitrogens with zero attached hydrogens (tertiary/aromatic N) is 2. The molecule has 1 saturated heterocycles. The molecule has 2 rings (SSSR count). The van der Waals surface area contributed by atoms with E-state index in [1.165, 1.54) is 6.42 Å². The minimum absolute atomic E-state index is 0.00673. The lowest BCUT2D eigenvalue weighted by Gasteiger charge is -2.27. The van der Waals surface area contributed by atoms with Gasteiger partial charge in [0.25, 0.3) is 5.91 Å². The van der Waals surface area contributed by atoms with Gasteiger partial charge in [0.2, 0.25) is 0 Å². The molecule has 1 fully saturated rings. The number of ether oxygens (including phenoxy) is 1. The summed E-state index contributed by atoms with van der Waals surface area (Å²) in [7, 11) is 1.81. The molecule has 2 heterocycles. The van der Waals surface area contributed by atoms with Crippen LogP contribution < -0.4 is 0 Å². The lowest BCUT2D eigenvalue weighted by molar-refractivity contribution is -0.000190. The van der Waals surface area contributed by atoms with Gasteiger partial charge in [0.15, 0.2) is 0 Å². The van der Waals surface area contributed by atoms with Crippen LogP contribution in [0.15, 0.2) is 22.9 Å². The molecular formula is C13H17BrN2O2. The summed E-state index contributed by atoms with van der Waals surface area (Å²) in [5.41, 5.74) is 0.648. The summed E-state index contributed by atoms with van der Waals surface area (Å²) in [6.45, 7) is 1.46. The van der Waals surface area contributed by atoms with Crippen molar-refractivity contribution in [3.63, 3.8) is 0 Å². The first-order valence-corrected chi connectivity index (χ1v) is 6.95. The Hall–Kier alpha value is -0.940. The Morgan fingerprint density at radius 3 is 3.11 bits per heavy atom. The smallest absolute Gasteiger partial charge is 0.253 e. The number of rotatable bonds is 3. The van der Waals surface area contributed by atoms with Crippen molar-refractivity contribution in [2.24, 2.45) is 0 Å². The SMILES string of the molecule is CN(CC1CCCCO1)C(=O)c1ccnc(Br)c1. The van der Waals surface area contributed by atoms with Crippen molar-refractivity contribution < 1.29 is 9.53 Å². The van der Waals surface area contributed by atoms with Crippen molar-refractivity contribution in [3.8, 4) is 0 Å². The van der Waals surface area contributed by atoms with Crippen LogP contribution in [0.2, 0.25) is 0 Å². The minimum atomic E-state index is 0.00673. The average Bonchev–Trinajstić information content (AvgIpc) is 2.39. The highest BCUT2D eigenvalue weighted by molar-refractivity contribution is 9.10. The molecule has 1 aromatic heterocycles. The number of hydrogen-bond acceptors (Lipinski definition) is 3. The second kappa shape index (κ2) is 6.29. The summed E-state index contributed by atoms with van der Waals surface area (Å²) < 4.78 is 6.32. The van der Waals surface area contributed by atoms with Gasteiger partial charge in [-0.3, -0.25) is 4.79 Å². The molecule has 1 amide bonds. The highest BCUT2D eigenvalue weighted by atomic mass is 79.9. The van der Waals surface area contributed by atoms with Crippen LogP contribution in [0.25, 0.3) is 0 Å². The van der Waals surface area contributed by atoms with Crippen LogP contribution in [-0.4, -0.2) is 42.1 Å². The standard InChI is InChI=1S/C13H17BrN2O2/c1-16(9-11-4-2-3-7-18-11)13(17)10-5-6-15-12(14)8-10/h5-6,8,11H,2-4,7,9H2,1H3. The van der Waals surface area contributed by atoms with Crippen LogP contribution in [-0.2, 0) is 4.74 Å². The summed E-state index contributed by atoms with van der Waals surface area (Å²) in [5.74, 6) is 0.00673. The Morgan fingerprint density at radius 2 is 2.44 bits per heavy atom. The molecule has 0 aromatic carbocycles. The van der Waals surface area contributed by atoms with Gasteiger partial charge in [-0.25, -0.2) is 4.98 Å². The lowest BCUT2D eigenvalue weighted by atomic mass is 10.1. The van der Waals surface area contributed by atoms with Gasteiger partial charge in [0.05, 0.1) is 6.10 Å². The second-order valence-electron chi connectivity index (χ2n) is 4.54. The monoisotopic (exact) mass is 312 g/mol. The molecule has 1 aliphatic rings. The number of hydrogen-bond donors (Lipinski definition) is 0. The van der Waals surface area contributed by atoms with Crippen LogP contribution in [0.5, 0.6) is 0 Å². The largest absolute Gasteiger partial charge is 0.376 e. The van der Waals surface area contributed by atoms with Crippen molar-refractivity contribution in [1.82, 2.24) is 9.88 Å². The molecule has 0 spiro atoms. The van der Waals surface area contributed by atoms with E-state index in [1.807, 2.05) is 7.05 Å². The maximum absolute atomic E-state index is 12.2. The highest BCUT2D eigenvalue weighted by Crippen LogP contribution is 2.15. The van der Waals surface area contributed by atoms with Crippen LogP contribution in [0.4, 0.5) is 0 Å². The normalized spacial score (nSPS) is 19.6. The fourth-order valence-electron chi connectivity index (χ4n) is 2.10. The molecule has 1 aromatic rings. The van der Waals surface area contributed by atoms with E-state index in [0.717, 1.165) is 19.4 Å². The Morgan fingerprint density at radius 1 is 1.61 bits per heavy atom. The average molecular weight is 313 g/mol. The molecule has 5 heteroatoms. The van der Waals surface area contributed by atoms with Gasteiger partial charge >= 0.3 is 0 Å². The number of carbonyl (C=O) groups is 1. The van der Waals surface area contributed by atoms with E-state index in [1.54, 1.807) is 23.2 Å². The van der Waals surface area contributed by atoms with Crippen LogP contribution >= 0.6 is 15.9 Å². The zero-order valence-corrected chi connectivity index (χ0v) is 12.0. The Kier molecular flexibility index (Phi) is 4.72. The van der Waals surface area contributed by atoms with Crippen molar-refractivity contribution in [2.75, 3.05) is 20.2 Å². The van der Waals surface area contributed by atoms with Gasteiger partial charge in [0, 0.05) is 32.0 Å². The predicted octanol–water partition coefficient (Wildman–Crippen LogP) is 2.49. The Balaban J connectivity index is 1.95. The Labute approximate surface area is 115 Å². The fourth-order valence-corrected chi connectivity index (χ4v) is 2.46. The summed E-state index contributed by atoms with van der Waals surface area (Å²) in [6.07, 6.45) is 5.16. The van der Waals surface area contributed by atoms with Gasteiger partial charge < -0.3 is 9.64 Å². The second-order valence-corrected chi connectivity index (χ2v) is 5.35. The number of aromatic nitrogens is 1. The highest BCUT2D eigenvalue weighted by Gasteiger charge is 2.19. The molecule has 1 unspecified atom stereocenters. The summed E-state index contributed by atoms with van der Waals surface area (Å²) in [4.78, 5) is 17.9. The maximum Gasteiger partial charge on any atom is 0.253 e. The third-order valence-corrected chi connectivity index (χ3v) is 3.51. The summed E-state index contributed by atoms with van der Waals surface area (Å²) in [5, 5.41) is 0. The fraction of sp³-hybridized carbons (Fsp3) is 0.538. The maximum atomic E-state index is 12.2. The minimum Gasteiger partial charge on any atom is -0.376 e. The van der Waals surface area contributed by atoms with Gasteiger partial charge in [-0.1, -0.05) is 0 Å².